The number of nitrogens with one attached hydrogen (secondary N) is 1. The molecular weight excluding hydrogens is 434 g/mol. The first-order chi connectivity index (χ1) is 16.5. The summed E-state index contributed by atoms with van der Waals surface area (Å²) in [4.78, 5) is 31.6. The highest BCUT2D eigenvalue weighted by atomic mass is 16.3. The number of Topliss-reactive ketones (excluding diaryl/α,β-unsaturated/α-hetero) is 1. The van der Waals surface area contributed by atoms with Gasteiger partial charge in [0.2, 0.25) is 17.5 Å². The van der Waals surface area contributed by atoms with Crippen molar-refractivity contribution in [2.45, 2.75) is 38.8 Å². The molecule has 0 spiro atoms. The number of carbonyl (C=O) groups excluding carboxylic acids is 2. The van der Waals surface area contributed by atoms with E-state index in [1.807, 2.05) is 41.1 Å². The van der Waals surface area contributed by atoms with E-state index in [2.05, 4.69) is 20.5 Å². The summed E-state index contributed by atoms with van der Waals surface area (Å²) in [6.45, 7) is 2.55. The van der Waals surface area contributed by atoms with Gasteiger partial charge in [0.15, 0.2) is 0 Å². The fourth-order valence-corrected chi connectivity index (χ4v) is 4.18. The van der Waals surface area contributed by atoms with Gasteiger partial charge in [-0.25, -0.2) is 14.3 Å². The van der Waals surface area contributed by atoms with Gasteiger partial charge in [0.25, 0.3) is 0 Å². The maximum absolute atomic E-state index is 13.1. The SMILES string of the molecule is CN1C(=O)[C@@H](CCC(=O)c2ncn(Cc3ccccc3)n2)CCn2nc(CCNCCO)cc21. The summed E-state index contributed by atoms with van der Waals surface area (Å²) in [6, 6.07) is 11.8. The van der Waals surface area contributed by atoms with Crippen molar-refractivity contribution >= 4 is 17.5 Å². The number of rotatable bonds is 11. The molecule has 0 saturated heterocycles. The van der Waals surface area contributed by atoms with E-state index < -0.39 is 0 Å². The van der Waals surface area contributed by atoms with Crippen LogP contribution in [-0.4, -0.2) is 68.1 Å². The number of nitrogens with zero attached hydrogens (tertiary/aromatic N) is 6. The molecule has 180 valence electrons. The largest absolute Gasteiger partial charge is 0.395 e. The van der Waals surface area contributed by atoms with Crippen molar-refractivity contribution in [1.29, 1.82) is 0 Å². The Morgan fingerprint density at radius 2 is 2.03 bits per heavy atom. The van der Waals surface area contributed by atoms with Gasteiger partial charge in [0.1, 0.15) is 12.1 Å². The molecule has 10 heteroatoms. The highest BCUT2D eigenvalue weighted by Gasteiger charge is 2.30. The van der Waals surface area contributed by atoms with Crippen LogP contribution in [-0.2, 0) is 24.3 Å². The zero-order valence-electron chi connectivity index (χ0n) is 19.4. The van der Waals surface area contributed by atoms with Gasteiger partial charge in [0.05, 0.1) is 18.8 Å². The van der Waals surface area contributed by atoms with Crippen molar-refractivity contribution in [1.82, 2.24) is 29.9 Å². The number of aromatic nitrogens is 5. The van der Waals surface area contributed by atoms with E-state index in [0.717, 1.165) is 23.5 Å². The third-order valence-corrected chi connectivity index (χ3v) is 6.06. The van der Waals surface area contributed by atoms with Crippen molar-refractivity contribution in [2.75, 3.05) is 31.6 Å². The van der Waals surface area contributed by atoms with Crippen LogP contribution in [0.25, 0.3) is 0 Å². The number of benzene rings is 1. The summed E-state index contributed by atoms with van der Waals surface area (Å²) < 4.78 is 3.52. The van der Waals surface area contributed by atoms with Gasteiger partial charge in [-0.05, 0) is 18.4 Å². The smallest absolute Gasteiger partial charge is 0.231 e. The Hall–Kier alpha value is -3.37. The second-order valence-electron chi connectivity index (χ2n) is 8.54. The predicted molar refractivity (Wildman–Crippen MR) is 127 cm³/mol. The minimum absolute atomic E-state index is 0.000952. The highest BCUT2D eigenvalue weighted by molar-refractivity contribution is 5.96. The Morgan fingerprint density at radius 1 is 1.21 bits per heavy atom. The van der Waals surface area contributed by atoms with E-state index in [4.69, 9.17) is 5.11 Å². The average molecular weight is 466 g/mol. The molecule has 0 unspecified atom stereocenters. The monoisotopic (exact) mass is 465 g/mol. The van der Waals surface area contributed by atoms with Crippen LogP contribution in [0.4, 0.5) is 5.82 Å². The van der Waals surface area contributed by atoms with Crippen LogP contribution < -0.4 is 10.2 Å². The number of ketones is 1. The lowest BCUT2D eigenvalue weighted by atomic mass is 9.96. The number of aliphatic hydroxyl groups excluding tert-OH is 1. The molecule has 1 atom stereocenters. The molecule has 0 bridgehead atoms. The van der Waals surface area contributed by atoms with Crippen LogP contribution >= 0.6 is 0 Å². The Bertz CT molecular complexity index is 1110. The summed E-state index contributed by atoms with van der Waals surface area (Å²) in [5.41, 5.74) is 1.99. The van der Waals surface area contributed by atoms with E-state index in [1.165, 1.54) is 0 Å². The lowest BCUT2D eigenvalue weighted by Gasteiger charge is -2.19. The van der Waals surface area contributed by atoms with E-state index >= 15 is 0 Å². The van der Waals surface area contributed by atoms with Crippen molar-refractivity contribution < 1.29 is 14.7 Å². The fraction of sp³-hybridized carbons (Fsp3) is 0.458. The number of amides is 1. The van der Waals surface area contributed by atoms with E-state index in [1.54, 1.807) is 23.0 Å². The number of fused-ring (bicyclic) bond motifs is 1. The van der Waals surface area contributed by atoms with E-state index in [0.29, 0.717) is 39.0 Å². The van der Waals surface area contributed by atoms with Crippen LogP contribution in [0.2, 0.25) is 0 Å². The van der Waals surface area contributed by atoms with E-state index in [-0.39, 0.29) is 36.5 Å². The van der Waals surface area contributed by atoms with Crippen molar-refractivity contribution in [3.05, 3.63) is 59.8 Å². The molecule has 1 aliphatic rings. The van der Waals surface area contributed by atoms with Crippen LogP contribution in [0, 0.1) is 5.92 Å². The van der Waals surface area contributed by atoms with Gasteiger partial charge < -0.3 is 10.4 Å². The Balaban J connectivity index is 1.31. The average Bonchev–Trinajstić information content (AvgIpc) is 3.46. The van der Waals surface area contributed by atoms with Gasteiger partial charge in [-0.15, -0.1) is 5.10 Å². The number of anilines is 1. The van der Waals surface area contributed by atoms with Gasteiger partial charge in [-0.3, -0.25) is 14.5 Å². The Kier molecular flexibility index (Phi) is 7.81. The van der Waals surface area contributed by atoms with Crippen molar-refractivity contribution in [3.8, 4) is 0 Å². The molecule has 10 nitrogen and oxygen atoms in total. The van der Waals surface area contributed by atoms with Crippen LogP contribution in [0.1, 0.15) is 41.1 Å². The molecule has 0 fully saturated rings. The van der Waals surface area contributed by atoms with Crippen molar-refractivity contribution in [3.63, 3.8) is 0 Å². The number of carbonyl (C=O) groups is 2. The minimum Gasteiger partial charge on any atom is -0.395 e. The molecule has 0 saturated carbocycles. The number of aryl methyl sites for hydroxylation is 1. The molecule has 1 aliphatic heterocycles. The topological polar surface area (TPSA) is 118 Å². The molecule has 2 N–H and O–H groups in total. The summed E-state index contributed by atoms with van der Waals surface area (Å²) in [5.74, 6) is 0.563. The second kappa shape index (κ2) is 11.2. The lowest BCUT2D eigenvalue weighted by Crippen LogP contribution is -2.32. The summed E-state index contributed by atoms with van der Waals surface area (Å²) >= 11 is 0. The zero-order chi connectivity index (χ0) is 23.9. The van der Waals surface area contributed by atoms with Crippen molar-refractivity contribution in [2.24, 2.45) is 5.92 Å². The Morgan fingerprint density at radius 3 is 2.82 bits per heavy atom. The standard InChI is InChI=1S/C24H31N7O3/c1-29-22-15-20(9-11-25-12-14-32)27-31(22)13-10-19(24(29)34)7-8-21(33)23-26-17-30(28-23)16-18-5-3-2-4-6-18/h2-6,15,17,19,25,32H,7-14,16H2,1H3/t19-/m0/s1. The fourth-order valence-electron chi connectivity index (χ4n) is 4.18. The predicted octanol–water partition coefficient (Wildman–Crippen LogP) is 1.29. The summed E-state index contributed by atoms with van der Waals surface area (Å²) in [6.07, 6.45) is 3.61. The summed E-state index contributed by atoms with van der Waals surface area (Å²) in [5, 5.41) is 21.0. The normalized spacial score (nSPS) is 15.9. The molecule has 0 radical (unpaired) electrons. The third kappa shape index (κ3) is 5.75. The zero-order valence-corrected chi connectivity index (χ0v) is 19.4. The summed E-state index contributed by atoms with van der Waals surface area (Å²) in [7, 11) is 1.76. The molecule has 1 aromatic carbocycles. The number of aliphatic hydroxyl groups is 1. The van der Waals surface area contributed by atoms with Crippen LogP contribution in [0.15, 0.2) is 42.7 Å². The molecule has 3 aromatic rings. The van der Waals surface area contributed by atoms with Gasteiger partial charge in [0, 0.05) is 51.5 Å². The third-order valence-electron chi connectivity index (χ3n) is 6.06. The lowest BCUT2D eigenvalue weighted by molar-refractivity contribution is -0.122. The first-order valence-electron chi connectivity index (χ1n) is 11.7. The molecule has 0 aliphatic carbocycles. The molecule has 1 amide bonds. The molecule has 4 rings (SSSR count). The molecular formula is C24H31N7O3. The van der Waals surface area contributed by atoms with E-state index in [9.17, 15) is 9.59 Å². The first kappa shape index (κ1) is 23.8. The van der Waals surface area contributed by atoms with Crippen LogP contribution in [0.3, 0.4) is 0 Å². The van der Waals surface area contributed by atoms with Crippen LogP contribution in [0.5, 0.6) is 0 Å². The molecule has 2 aromatic heterocycles. The maximum Gasteiger partial charge on any atom is 0.231 e. The number of hydrogen-bond acceptors (Lipinski definition) is 7. The quantitative estimate of drug-likeness (QED) is 0.324. The van der Waals surface area contributed by atoms with Gasteiger partial charge >= 0.3 is 0 Å². The number of hydrogen-bond donors (Lipinski definition) is 2. The maximum atomic E-state index is 13.1. The van der Waals surface area contributed by atoms with Gasteiger partial charge in [-0.1, -0.05) is 30.3 Å². The molecule has 34 heavy (non-hydrogen) atoms. The molecule has 3 heterocycles. The Labute approximate surface area is 198 Å². The highest BCUT2D eigenvalue weighted by Crippen LogP contribution is 2.26. The van der Waals surface area contributed by atoms with Gasteiger partial charge in [-0.2, -0.15) is 5.10 Å². The second-order valence-corrected chi connectivity index (χ2v) is 8.54. The minimum atomic E-state index is -0.253. The first-order valence-corrected chi connectivity index (χ1v) is 11.7.